The summed E-state index contributed by atoms with van der Waals surface area (Å²) in [6.45, 7) is 2.86. The Hall–Kier alpha value is -2.13. The molecule has 28 heavy (non-hydrogen) atoms. The van der Waals surface area contributed by atoms with Crippen LogP contribution < -0.4 is 10.1 Å². The molecule has 1 heterocycles. The fraction of sp³-hybridized carbons (Fsp3) is 0.316. The summed E-state index contributed by atoms with van der Waals surface area (Å²) in [5.74, 6) is 0.0701. The Kier molecular flexibility index (Phi) is 6.56. The van der Waals surface area contributed by atoms with E-state index in [4.69, 9.17) is 21.1 Å². The van der Waals surface area contributed by atoms with E-state index < -0.39 is 15.9 Å². The maximum absolute atomic E-state index is 12.9. The predicted molar refractivity (Wildman–Crippen MR) is 106 cm³/mol. The van der Waals surface area contributed by atoms with Crippen molar-refractivity contribution in [3.05, 3.63) is 53.1 Å². The van der Waals surface area contributed by atoms with E-state index in [0.717, 1.165) is 0 Å². The van der Waals surface area contributed by atoms with E-state index in [9.17, 15) is 13.2 Å². The number of halogens is 1. The van der Waals surface area contributed by atoms with Gasteiger partial charge in [-0.1, -0.05) is 23.7 Å². The van der Waals surface area contributed by atoms with Crippen LogP contribution in [-0.2, 0) is 19.6 Å². The molecule has 1 aliphatic heterocycles. The smallest absolute Gasteiger partial charge is 0.262 e. The molecule has 150 valence electrons. The van der Waals surface area contributed by atoms with Gasteiger partial charge >= 0.3 is 0 Å². The number of ether oxygens (including phenoxy) is 2. The minimum atomic E-state index is -3.65. The summed E-state index contributed by atoms with van der Waals surface area (Å²) in [4.78, 5) is 12.3. The highest BCUT2D eigenvalue weighted by Gasteiger charge is 2.28. The summed E-state index contributed by atoms with van der Waals surface area (Å²) in [5.41, 5.74) is 0.997. The second kappa shape index (κ2) is 8.91. The van der Waals surface area contributed by atoms with Crippen LogP contribution in [0.5, 0.6) is 5.75 Å². The van der Waals surface area contributed by atoms with Crippen molar-refractivity contribution in [3.8, 4) is 5.75 Å². The maximum Gasteiger partial charge on any atom is 0.262 e. The summed E-state index contributed by atoms with van der Waals surface area (Å²) in [6.07, 6.45) is 0. The number of nitrogens with one attached hydrogen (secondary N) is 1. The lowest BCUT2D eigenvalue weighted by atomic mass is 10.2. The van der Waals surface area contributed by atoms with E-state index in [1.807, 2.05) is 0 Å². The second-order valence-electron chi connectivity index (χ2n) is 6.29. The van der Waals surface area contributed by atoms with E-state index in [0.29, 0.717) is 48.3 Å². The first-order valence-corrected chi connectivity index (χ1v) is 10.5. The van der Waals surface area contributed by atoms with Crippen molar-refractivity contribution >= 4 is 33.2 Å². The van der Waals surface area contributed by atoms with Gasteiger partial charge in [0.05, 0.1) is 18.1 Å². The molecule has 0 spiro atoms. The van der Waals surface area contributed by atoms with Gasteiger partial charge in [-0.15, -0.1) is 0 Å². The van der Waals surface area contributed by atoms with Crippen LogP contribution in [0.4, 0.5) is 5.69 Å². The SMILES string of the molecule is Cc1ccc(NC(=O)COc2cccc(Cl)c2)cc1S(=O)(=O)N1CCOCC1. The van der Waals surface area contributed by atoms with Crippen molar-refractivity contribution in [1.82, 2.24) is 4.31 Å². The highest BCUT2D eigenvalue weighted by Crippen LogP contribution is 2.24. The van der Waals surface area contributed by atoms with Crippen LogP contribution in [0.2, 0.25) is 5.02 Å². The zero-order valence-corrected chi connectivity index (χ0v) is 16.9. The third-order valence-electron chi connectivity index (χ3n) is 4.23. The molecule has 0 bridgehead atoms. The molecule has 1 fully saturated rings. The largest absolute Gasteiger partial charge is 0.484 e. The Balaban J connectivity index is 1.69. The fourth-order valence-corrected chi connectivity index (χ4v) is 4.62. The first-order chi connectivity index (χ1) is 13.4. The molecule has 2 aromatic rings. The van der Waals surface area contributed by atoms with Crippen LogP contribution in [0, 0.1) is 6.92 Å². The molecule has 1 aliphatic rings. The maximum atomic E-state index is 12.9. The van der Waals surface area contributed by atoms with Crippen molar-refractivity contribution in [2.75, 3.05) is 38.2 Å². The Morgan fingerprint density at radius 2 is 1.96 bits per heavy atom. The number of hydrogen-bond acceptors (Lipinski definition) is 5. The van der Waals surface area contributed by atoms with Gasteiger partial charge in [0.15, 0.2) is 6.61 Å². The molecular formula is C19H21ClN2O5S. The quantitative estimate of drug-likeness (QED) is 0.770. The van der Waals surface area contributed by atoms with Crippen LogP contribution in [0.1, 0.15) is 5.56 Å². The lowest BCUT2D eigenvalue weighted by Crippen LogP contribution is -2.40. The first-order valence-electron chi connectivity index (χ1n) is 8.73. The van der Waals surface area contributed by atoms with Crippen LogP contribution in [0.25, 0.3) is 0 Å². The number of carbonyl (C=O) groups excluding carboxylic acids is 1. The van der Waals surface area contributed by atoms with Crippen LogP contribution >= 0.6 is 11.6 Å². The van der Waals surface area contributed by atoms with Gasteiger partial charge in [-0.05, 0) is 42.8 Å². The average molecular weight is 425 g/mol. The molecule has 0 aromatic heterocycles. The van der Waals surface area contributed by atoms with E-state index in [1.54, 1.807) is 43.3 Å². The molecule has 0 atom stereocenters. The third-order valence-corrected chi connectivity index (χ3v) is 6.50. The number of morpholine rings is 1. The van der Waals surface area contributed by atoms with Crippen molar-refractivity contribution in [2.45, 2.75) is 11.8 Å². The fourth-order valence-electron chi connectivity index (χ4n) is 2.78. The van der Waals surface area contributed by atoms with E-state index in [-0.39, 0.29) is 11.5 Å². The minimum absolute atomic E-state index is 0.169. The van der Waals surface area contributed by atoms with Crippen LogP contribution in [0.3, 0.4) is 0 Å². The number of amides is 1. The van der Waals surface area contributed by atoms with Crippen LogP contribution in [0.15, 0.2) is 47.4 Å². The standard InChI is InChI=1S/C19H21ClN2O5S/c1-14-5-6-16(12-18(14)28(24,25)22-7-9-26-10-8-22)21-19(23)13-27-17-4-2-3-15(20)11-17/h2-6,11-12H,7-10,13H2,1H3,(H,21,23). The monoisotopic (exact) mass is 424 g/mol. The van der Waals surface area contributed by atoms with Gasteiger partial charge in [0.25, 0.3) is 5.91 Å². The molecule has 0 radical (unpaired) electrons. The molecule has 1 amide bonds. The van der Waals surface area contributed by atoms with E-state index >= 15 is 0 Å². The van der Waals surface area contributed by atoms with Gasteiger partial charge in [-0.2, -0.15) is 4.31 Å². The van der Waals surface area contributed by atoms with Crippen LogP contribution in [-0.4, -0.2) is 51.5 Å². The average Bonchev–Trinajstić information content (AvgIpc) is 2.68. The second-order valence-corrected chi connectivity index (χ2v) is 8.63. The number of nitrogens with zero attached hydrogens (tertiary/aromatic N) is 1. The Morgan fingerprint density at radius 1 is 1.21 bits per heavy atom. The van der Waals surface area contributed by atoms with E-state index in [2.05, 4.69) is 5.32 Å². The lowest BCUT2D eigenvalue weighted by Gasteiger charge is -2.26. The Labute approximate surface area is 169 Å². The van der Waals surface area contributed by atoms with Crippen molar-refractivity contribution in [1.29, 1.82) is 0 Å². The molecule has 0 saturated carbocycles. The van der Waals surface area contributed by atoms with Gasteiger partial charge in [0.2, 0.25) is 10.0 Å². The van der Waals surface area contributed by atoms with Gasteiger partial charge in [-0.25, -0.2) is 8.42 Å². The molecule has 3 rings (SSSR count). The summed E-state index contributed by atoms with van der Waals surface area (Å²) in [5, 5.41) is 3.17. The van der Waals surface area contributed by atoms with Gasteiger partial charge < -0.3 is 14.8 Å². The molecule has 7 nitrogen and oxygen atoms in total. The molecule has 1 N–H and O–H groups in total. The highest BCUT2D eigenvalue weighted by molar-refractivity contribution is 7.89. The van der Waals surface area contributed by atoms with Gasteiger partial charge in [-0.3, -0.25) is 4.79 Å². The predicted octanol–water partition coefficient (Wildman–Crippen LogP) is 2.69. The lowest BCUT2D eigenvalue weighted by molar-refractivity contribution is -0.118. The number of sulfonamides is 1. The summed E-state index contributed by atoms with van der Waals surface area (Å²) in [7, 11) is -3.65. The van der Waals surface area contributed by atoms with Gasteiger partial charge in [0.1, 0.15) is 5.75 Å². The molecule has 9 heteroatoms. The normalized spacial score (nSPS) is 15.2. The molecule has 0 unspecified atom stereocenters. The number of hydrogen-bond donors (Lipinski definition) is 1. The summed E-state index contributed by atoms with van der Waals surface area (Å²) >= 11 is 5.88. The summed E-state index contributed by atoms with van der Waals surface area (Å²) in [6, 6.07) is 11.5. The topological polar surface area (TPSA) is 84.9 Å². The highest BCUT2D eigenvalue weighted by atomic mass is 35.5. The zero-order chi connectivity index (χ0) is 20.1. The zero-order valence-electron chi connectivity index (χ0n) is 15.4. The third kappa shape index (κ3) is 5.02. The van der Waals surface area contributed by atoms with Crippen molar-refractivity contribution in [3.63, 3.8) is 0 Å². The Morgan fingerprint density at radius 3 is 2.68 bits per heavy atom. The first kappa shape index (κ1) is 20.6. The molecule has 0 aliphatic carbocycles. The molecular weight excluding hydrogens is 404 g/mol. The van der Waals surface area contributed by atoms with Crippen molar-refractivity contribution in [2.24, 2.45) is 0 Å². The summed E-state index contributed by atoms with van der Waals surface area (Å²) < 4.78 is 37.8. The number of aryl methyl sites for hydroxylation is 1. The molecule has 2 aromatic carbocycles. The number of carbonyl (C=O) groups is 1. The molecule has 1 saturated heterocycles. The number of rotatable bonds is 6. The minimum Gasteiger partial charge on any atom is -0.484 e. The van der Waals surface area contributed by atoms with Gasteiger partial charge in [0, 0.05) is 23.8 Å². The number of benzene rings is 2. The Bertz CT molecular complexity index is 959. The van der Waals surface area contributed by atoms with E-state index in [1.165, 1.54) is 10.4 Å². The van der Waals surface area contributed by atoms with Crippen molar-refractivity contribution < 1.29 is 22.7 Å². The number of anilines is 1.